The van der Waals surface area contributed by atoms with Gasteiger partial charge in [-0.1, -0.05) is 30.3 Å². The third-order valence-corrected chi connectivity index (χ3v) is 3.98. The summed E-state index contributed by atoms with van der Waals surface area (Å²) in [5.74, 6) is 0.210. The highest BCUT2D eigenvalue weighted by Crippen LogP contribution is 2.29. The Morgan fingerprint density at radius 3 is 2.00 bits per heavy atom. The molecule has 0 radical (unpaired) electrons. The van der Waals surface area contributed by atoms with Crippen LogP contribution in [0.3, 0.4) is 0 Å². The highest BCUT2D eigenvalue weighted by Gasteiger charge is 2.30. The van der Waals surface area contributed by atoms with Gasteiger partial charge in [0.25, 0.3) is 0 Å². The Morgan fingerprint density at radius 1 is 0.895 bits per heavy atom. The van der Waals surface area contributed by atoms with E-state index in [-0.39, 0.29) is 5.75 Å². The average molecular weight is 284 g/mol. The highest BCUT2D eigenvalue weighted by molar-refractivity contribution is 7.90. The average Bonchev–Trinajstić information content (AvgIpc) is 2.39. The predicted molar refractivity (Wildman–Crippen MR) is 68.0 cm³/mol. The van der Waals surface area contributed by atoms with E-state index in [1.807, 2.05) is 6.07 Å². The van der Waals surface area contributed by atoms with Crippen molar-refractivity contribution in [1.29, 1.82) is 0 Å². The second-order valence-corrected chi connectivity index (χ2v) is 5.45. The van der Waals surface area contributed by atoms with Crippen molar-refractivity contribution in [3.8, 4) is 0 Å². The van der Waals surface area contributed by atoms with Crippen molar-refractivity contribution in [1.82, 2.24) is 0 Å². The van der Waals surface area contributed by atoms with Crippen molar-refractivity contribution < 1.29 is 17.7 Å². The minimum Gasteiger partial charge on any atom is -0.611 e. The van der Waals surface area contributed by atoms with Crippen molar-refractivity contribution in [3.05, 3.63) is 65.7 Å². The van der Waals surface area contributed by atoms with Gasteiger partial charge in [-0.05, 0) is 35.4 Å². The van der Waals surface area contributed by atoms with Gasteiger partial charge in [-0.25, -0.2) is 0 Å². The molecular formula is C14H11F3OS. The number of halogens is 3. The van der Waals surface area contributed by atoms with E-state index >= 15 is 0 Å². The summed E-state index contributed by atoms with van der Waals surface area (Å²) in [6, 6.07) is 13.6. The van der Waals surface area contributed by atoms with Crippen molar-refractivity contribution in [2.75, 3.05) is 0 Å². The van der Waals surface area contributed by atoms with E-state index in [4.69, 9.17) is 0 Å². The Hall–Kier alpha value is -1.46. The van der Waals surface area contributed by atoms with Gasteiger partial charge in [0.15, 0.2) is 4.90 Å². The molecule has 1 atom stereocenters. The zero-order valence-electron chi connectivity index (χ0n) is 9.85. The fourth-order valence-electron chi connectivity index (χ4n) is 1.60. The van der Waals surface area contributed by atoms with Crippen LogP contribution in [0.1, 0.15) is 11.1 Å². The molecule has 0 saturated heterocycles. The summed E-state index contributed by atoms with van der Waals surface area (Å²) in [6.45, 7) is 0. The Kier molecular flexibility index (Phi) is 4.17. The van der Waals surface area contributed by atoms with Gasteiger partial charge in [0.2, 0.25) is 0 Å². The summed E-state index contributed by atoms with van der Waals surface area (Å²) < 4.78 is 49.1. The molecule has 0 aromatic heterocycles. The molecule has 0 amide bonds. The second-order valence-electron chi connectivity index (χ2n) is 4.00. The van der Waals surface area contributed by atoms with Crippen LogP contribution in [0.4, 0.5) is 13.2 Å². The van der Waals surface area contributed by atoms with Gasteiger partial charge in [0.1, 0.15) is 5.75 Å². The lowest BCUT2D eigenvalue weighted by Gasteiger charge is -2.11. The van der Waals surface area contributed by atoms with Crippen LogP contribution in [-0.2, 0) is 23.1 Å². The van der Waals surface area contributed by atoms with Crippen LogP contribution in [0.25, 0.3) is 0 Å². The van der Waals surface area contributed by atoms with Gasteiger partial charge in [-0.3, -0.25) is 0 Å². The molecule has 0 spiro atoms. The van der Waals surface area contributed by atoms with Gasteiger partial charge in [0, 0.05) is 5.56 Å². The SMILES string of the molecule is [O-][S@@+](Cc1ccc(C(F)(F)F)cc1)c1ccccc1. The fraction of sp³-hybridized carbons (Fsp3) is 0.143. The van der Waals surface area contributed by atoms with E-state index in [1.165, 1.54) is 12.1 Å². The molecule has 0 aliphatic carbocycles. The molecule has 100 valence electrons. The van der Waals surface area contributed by atoms with Crippen LogP contribution in [0.5, 0.6) is 0 Å². The Balaban J connectivity index is 2.08. The molecular weight excluding hydrogens is 273 g/mol. The molecule has 0 saturated carbocycles. The summed E-state index contributed by atoms with van der Waals surface area (Å²) in [6.07, 6.45) is -4.34. The Labute approximate surface area is 112 Å². The van der Waals surface area contributed by atoms with Crippen LogP contribution in [0.2, 0.25) is 0 Å². The lowest BCUT2D eigenvalue weighted by molar-refractivity contribution is -0.137. The normalized spacial score (nSPS) is 13.3. The standard InChI is InChI=1S/C14H11F3OS/c15-14(16,17)12-8-6-11(7-9-12)10-19(18)13-4-2-1-3-5-13/h1-9H,10H2/t19-/m0/s1. The van der Waals surface area contributed by atoms with Gasteiger partial charge in [0.05, 0.1) is 5.56 Å². The van der Waals surface area contributed by atoms with E-state index in [0.717, 1.165) is 12.1 Å². The number of hydrogen-bond donors (Lipinski definition) is 0. The highest BCUT2D eigenvalue weighted by atomic mass is 32.2. The molecule has 0 heterocycles. The third-order valence-electron chi connectivity index (χ3n) is 2.59. The molecule has 0 unspecified atom stereocenters. The lowest BCUT2D eigenvalue weighted by atomic mass is 10.1. The fourth-order valence-corrected chi connectivity index (χ4v) is 2.72. The molecule has 0 N–H and O–H groups in total. The molecule has 1 nitrogen and oxygen atoms in total. The smallest absolute Gasteiger partial charge is 0.416 e. The quantitative estimate of drug-likeness (QED) is 0.781. The molecule has 0 fully saturated rings. The molecule has 0 bridgehead atoms. The van der Waals surface area contributed by atoms with Gasteiger partial charge in [-0.2, -0.15) is 13.2 Å². The lowest BCUT2D eigenvalue weighted by Crippen LogP contribution is -2.07. The van der Waals surface area contributed by atoms with Crippen LogP contribution >= 0.6 is 0 Å². The maximum atomic E-state index is 12.4. The monoisotopic (exact) mass is 284 g/mol. The topological polar surface area (TPSA) is 23.1 Å². The maximum Gasteiger partial charge on any atom is 0.416 e. The summed E-state index contributed by atoms with van der Waals surface area (Å²) in [7, 11) is 0. The first kappa shape index (κ1) is 14.0. The molecule has 0 aliphatic rings. The van der Waals surface area contributed by atoms with Crippen molar-refractivity contribution in [3.63, 3.8) is 0 Å². The minimum atomic E-state index is -4.34. The first-order chi connectivity index (χ1) is 8.97. The Morgan fingerprint density at radius 2 is 1.47 bits per heavy atom. The molecule has 2 aromatic carbocycles. The van der Waals surface area contributed by atoms with E-state index in [2.05, 4.69) is 0 Å². The maximum absolute atomic E-state index is 12.4. The number of hydrogen-bond acceptors (Lipinski definition) is 1. The largest absolute Gasteiger partial charge is 0.611 e. The van der Waals surface area contributed by atoms with Crippen LogP contribution in [-0.4, -0.2) is 4.55 Å². The van der Waals surface area contributed by atoms with E-state index in [0.29, 0.717) is 10.5 Å². The molecule has 5 heteroatoms. The molecule has 2 rings (SSSR count). The summed E-state index contributed by atoms with van der Waals surface area (Å²) >= 11 is -1.24. The van der Waals surface area contributed by atoms with Crippen molar-refractivity contribution in [2.24, 2.45) is 0 Å². The predicted octanol–water partition coefficient (Wildman–Crippen LogP) is 4.01. The molecule has 2 aromatic rings. The van der Waals surface area contributed by atoms with E-state index in [9.17, 15) is 17.7 Å². The summed E-state index contributed by atoms with van der Waals surface area (Å²) in [4.78, 5) is 0.669. The summed E-state index contributed by atoms with van der Waals surface area (Å²) in [5, 5.41) is 0. The number of alkyl halides is 3. The third kappa shape index (κ3) is 3.75. The summed E-state index contributed by atoms with van der Waals surface area (Å²) in [5.41, 5.74) is -0.0723. The van der Waals surface area contributed by atoms with Gasteiger partial charge in [-0.15, -0.1) is 0 Å². The zero-order chi connectivity index (χ0) is 13.9. The minimum absolute atomic E-state index is 0.210. The first-order valence-corrected chi connectivity index (χ1v) is 6.88. The van der Waals surface area contributed by atoms with Crippen LogP contribution < -0.4 is 0 Å². The zero-order valence-corrected chi connectivity index (χ0v) is 10.7. The van der Waals surface area contributed by atoms with E-state index < -0.39 is 22.9 Å². The van der Waals surface area contributed by atoms with Gasteiger partial charge < -0.3 is 4.55 Å². The van der Waals surface area contributed by atoms with Crippen LogP contribution in [0.15, 0.2) is 59.5 Å². The molecule has 19 heavy (non-hydrogen) atoms. The van der Waals surface area contributed by atoms with Crippen molar-refractivity contribution >= 4 is 11.2 Å². The first-order valence-electron chi connectivity index (χ1n) is 5.56. The van der Waals surface area contributed by atoms with Crippen LogP contribution in [0, 0.1) is 0 Å². The van der Waals surface area contributed by atoms with Gasteiger partial charge >= 0.3 is 6.18 Å². The van der Waals surface area contributed by atoms with E-state index in [1.54, 1.807) is 24.3 Å². The second kappa shape index (κ2) is 5.67. The van der Waals surface area contributed by atoms with Crippen molar-refractivity contribution in [2.45, 2.75) is 16.8 Å². The molecule has 0 aliphatic heterocycles. The Bertz CT molecular complexity index is 523. The number of rotatable bonds is 3. The number of benzene rings is 2.